The zero-order valence-corrected chi connectivity index (χ0v) is 18.2. The van der Waals surface area contributed by atoms with Gasteiger partial charge in [-0.05, 0) is 36.6 Å². The summed E-state index contributed by atoms with van der Waals surface area (Å²) in [4.78, 5) is 28.5. The number of ketones is 1. The summed E-state index contributed by atoms with van der Waals surface area (Å²) in [5.41, 5.74) is 6.54. The first-order chi connectivity index (χ1) is 16.2. The summed E-state index contributed by atoms with van der Waals surface area (Å²) in [6, 6.07) is 21.9. The number of hydrogen-bond donors (Lipinski definition) is 2. The maximum atomic E-state index is 11.6. The van der Waals surface area contributed by atoms with Gasteiger partial charge < -0.3 is 10.3 Å². The fraction of sp³-hybridized carbons (Fsp3) is 0.111. The molecule has 162 valence electrons. The van der Waals surface area contributed by atoms with Crippen molar-refractivity contribution >= 4 is 22.8 Å². The summed E-state index contributed by atoms with van der Waals surface area (Å²) in [6.45, 7) is 2.32. The lowest BCUT2D eigenvalue weighted by atomic mass is 10.0. The van der Waals surface area contributed by atoms with E-state index in [1.807, 2.05) is 60.9 Å². The van der Waals surface area contributed by atoms with Crippen LogP contribution in [-0.2, 0) is 6.42 Å². The van der Waals surface area contributed by atoms with Gasteiger partial charge in [-0.3, -0.25) is 4.79 Å². The first-order valence-electron chi connectivity index (χ1n) is 10.9. The molecule has 0 aliphatic heterocycles. The van der Waals surface area contributed by atoms with Crippen LogP contribution in [0.15, 0.2) is 85.3 Å². The fourth-order valence-electron chi connectivity index (χ4n) is 3.83. The molecule has 3 heterocycles. The van der Waals surface area contributed by atoms with E-state index in [2.05, 4.69) is 38.5 Å². The molecule has 0 atom stereocenters. The molecule has 6 heteroatoms. The number of anilines is 1. The largest absolute Gasteiger partial charge is 0.354 e. The summed E-state index contributed by atoms with van der Waals surface area (Å²) < 4.78 is 0. The number of benzene rings is 2. The molecule has 0 unspecified atom stereocenters. The number of hydrogen-bond acceptors (Lipinski definition) is 5. The molecular formula is C27H23N5O. The normalized spacial score (nSPS) is 10.9. The highest BCUT2D eigenvalue weighted by molar-refractivity contribution is 5.96. The van der Waals surface area contributed by atoms with Gasteiger partial charge in [0.05, 0.1) is 5.69 Å². The van der Waals surface area contributed by atoms with Gasteiger partial charge in [-0.15, -0.1) is 0 Å². The maximum Gasteiger partial charge on any atom is 0.223 e. The number of H-pyrrole nitrogens is 1. The average Bonchev–Trinajstić information content (AvgIpc) is 3.28. The van der Waals surface area contributed by atoms with Gasteiger partial charge in [-0.25, -0.2) is 15.0 Å². The molecule has 0 amide bonds. The summed E-state index contributed by atoms with van der Waals surface area (Å²) in [5, 5.41) is 4.30. The van der Waals surface area contributed by atoms with Crippen molar-refractivity contribution in [3.8, 4) is 22.4 Å². The number of fused-ring (bicyclic) bond motifs is 1. The van der Waals surface area contributed by atoms with E-state index < -0.39 is 0 Å². The van der Waals surface area contributed by atoms with Crippen molar-refractivity contribution in [3.63, 3.8) is 0 Å². The minimum atomic E-state index is 0.0555. The van der Waals surface area contributed by atoms with Crippen LogP contribution in [0.5, 0.6) is 0 Å². The Morgan fingerprint density at radius 3 is 2.58 bits per heavy atom. The van der Waals surface area contributed by atoms with Crippen LogP contribution in [0.2, 0.25) is 0 Å². The molecule has 0 radical (unpaired) electrons. The van der Waals surface area contributed by atoms with E-state index in [0.29, 0.717) is 11.5 Å². The molecular weight excluding hydrogens is 410 g/mol. The van der Waals surface area contributed by atoms with E-state index in [4.69, 9.17) is 4.98 Å². The Labute approximate surface area is 191 Å². The highest BCUT2D eigenvalue weighted by Crippen LogP contribution is 2.30. The number of carbonyl (C=O) groups is 1. The molecule has 2 N–H and O–H groups in total. The Balaban J connectivity index is 1.40. The van der Waals surface area contributed by atoms with E-state index in [-0.39, 0.29) is 5.78 Å². The average molecular weight is 434 g/mol. The molecule has 5 rings (SSSR count). The lowest BCUT2D eigenvalue weighted by molar-refractivity contribution is 0.101. The third-order valence-corrected chi connectivity index (χ3v) is 5.63. The molecule has 0 bridgehead atoms. The molecule has 5 aromatic rings. The van der Waals surface area contributed by atoms with Crippen molar-refractivity contribution in [2.24, 2.45) is 0 Å². The number of aromatic amines is 1. The number of nitrogens with one attached hydrogen (secondary N) is 2. The van der Waals surface area contributed by atoms with E-state index in [1.54, 1.807) is 13.1 Å². The van der Waals surface area contributed by atoms with Gasteiger partial charge in [0.2, 0.25) is 5.95 Å². The summed E-state index contributed by atoms with van der Waals surface area (Å²) in [7, 11) is 0. The predicted octanol–water partition coefficient (Wildman–Crippen LogP) is 5.54. The number of pyridine rings is 1. The Kier molecular flexibility index (Phi) is 5.64. The molecule has 6 nitrogen and oxygen atoms in total. The second-order valence-electron chi connectivity index (χ2n) is 7.88. The smallest absolute Gasteiger partial charge is 0.223 e. The first-order valence-corrected chi connectivity index (χ1v) is 10.9. The number of carbonyl (C=O) groups excluding carboxylic acids is 1. The lowest BCUT2D eigenvalue weighted by Crippen LogP contribution is -2.08. The third kappa shape index (κ3) is 4.50. The molecule has 0 saturated carbocycles. The fourth-order valence-corrected chi connectivity index (χ4v) is 3.83. The van der Waals surface area contributed by atoms with E-state index in [9.17, 15) is 4.79 Å². The Morgan fingerprint density at radius 2 is 1.79 bits per heavy atom. The zero-order chi connectivity index (χ0) is 22.6. The SMILES string of the molecule is CC(=O)c1ccc(-c2cnc3[nH]cc(-c4ccnc(NCCc5ccccc5)n4)c3c2)cc1. The van der Waals surface area contributed by atoms with Gasteiger partial charge in [-0.2, -0.15) is 0 Å². The van der Waals surface area contributed by atoms with Gasteiger partial charge in [-0.1, -0.05) is 54.6 Å². The van der Waals surface area contributed by atoms with Gasteiger partial charge in [0.15, 0.2) is 5.78 Å². The summed E-state index contributed by atoms with van der Waals surface area (Å²) >= 11 is 0. The molecule has 33 heavy (non-hydrogen) atoms. The molecule has 0 fully saturated rings. The lowest BCUT2D eigenvalue weighted by Gasteiger charge is -2.07. The predicted molar refractivity (Wildman–Crippen MR) is 131 cm³/mol. The van der Waals surface area contributed by atoms with E-state index in [0.717, 1.165) is 46.4 Å². The molecule has 0 aliphatic rings. The topological polar surface area (TPSA) is 83.6 Å². The van der Waals surface area contributed by atoms with Crippen molar-refractivity contribution < 1.29 is 4.79 Å². The standard InChI is InChI=1S/C27H23N5O/c1-18(33)20-7-9-21(10-8-20)22-15-23-24(17-31-26(23)30-16-22)25-12-14-29-27(32-25)28-13-11-19-5-3-2-4-6-19/h2-10,12,14-17H,11,13H2,1H3,(H,30,31)(H,28,29,32). The number of rotatable bonds is 7. The second kappa shape index (κ2) is 9.04. The van der Waals surface area contributed by atoms with Crippen LogP contribution in [0.25, 0.3) is 33.4 Å². The van der Waals surface area contributed by atoms with Crippen LogP contribution in [0.4, 0.5) is 5.95 Å². The van der Waals surface area contributed by atoms with Crippen molar-refractivity contribution in [3.05, 3.63) is 96.4 Å². The molecule has 2 aromatic carbocycles. The molecule has 0 saturated heterocycles. The Bertz CT molecular complexity index is 1410. The van der Waals surface area contributed by atoms with E-state index >= 15 is 0 Å². The van der Waals surface area contributed by atoms with Crippen molar-refractivity contribution in [2.45, 2.75) is 13.3 Å². The molecule has 0 spiro atoms. The zero-order valence-electron chi connectivity index (χ0n) is 18.2. The third-order valence-electron chi connectivity index (χ3n) is 5.63. The summed E-state index contributed by atoms with van der Waals surface area (Å²) in [6.07, 6.45) is 6.43. The highest BCUT2D eigenvalue weighted by atomic mass is 16.1. The van der Waals surface area contributed by atoms with E-state index in [1.165, 1.54) is 5.56 Å². The maximum absolute atomic E-state index is 11.6. The second-order valence-corrected chi connectivity index (χ2v) is 7.88. The van der Waals surface area contributed by atoms with Crippen LogP contribution >= 0.6 is 0 Å². The number of nitrogens with zero attached hydrogens (tertiary/aromatic N) is 3. The quantitative estimate of drug-likeness (QED) is 0.329. The van der Waals surface area contributed by atoms with Crippen LogP contribution in [0, 0.1) is 0 Å². The monoisotopic (exact) mass is 433 g/mol. The van der Waals surface area contributed by atoms with Gasteiger partial charge in [0.25, 0.3) is 0 Å². The first kappa shape index (κ1) is 20.6. The number of aromatic nitrogens is 4. The van der Waals surface area contributed by atoms with Crippen LogP contribution < -0.4 is 5.32 Å². The van der Waals surface area contributed by atoms with Crippen molar-refractivity contribution in [1.82, 2.24) is 19.9 Å². The highest BCUT2D eigenvalue weighted by Gasteiger charge is 2.11. The molecule has 0 aliphatic carbocycles. The minimum absolute atomic E-state index is 0.0555. The van der Waals surface area contributed by atoms with Gasteiger partial charge in [0, 0.05) is 47.2 Å². The van der Waals surface area contributed by atoms with Crippen molar-refractivity contribution in [1.29, 1.82) is 0 Å². The van der Waals surface area contributed by atoms with Crippen LogP contribution in [-0.4, -0.2) is 32.3 Å². The summed E-state index contributed by atoms with van der Waals surface area (Å²) in [5.74, 6) is 0.654. The number of Topliss-reactive ketones (excluding diaryl/α,β-unsaturated/α-hetero) is 1. The molecule has 3 aromatic heterocycles. The van der Waals surface area contributed by atoms with Gasteiger partial charge in [0.1, 0.15) is 5.65 Å². The minimum Gasteiger partial charge on any atom is -0.354 e. The van der Waals surface area contributed by atoms with Crippen LogP contribution in [0.3, 0.4) is 0 Å². The Morgan fingerprint density at radius 1 is 0.970 bits per heavy atom. The van der Waals surface area contributed by atoms with Crippen LogP contribution in [0.1, 0.15) is 22.8 Å². The Hall–Kier alpha value is -4.32. The van der Waals surface area contributed by atoms with Gasteiger partial charge >= 0.3 is 0 Å². The van der Waals surface area contributed by atoms with Crippen molar-refractivity contribution in [2.75, 3.05) is 11.9 Å².